The monoisotopic (exact) mass is 764 g/mol. The van der Waals surface area contributed by atoms with Crippen molar-refractivity contribution in [3.63, 3.8) is 0 Å². The molecular formula is C39H49ClN6O6S. The lowest BCUT2D eigenvalue weighted by atomic mass is 9.64. The van der Waals surface area contributed by atoms with Crippen molar-refractivity contribution in [3.8, 4) is 5.75 Å². The molecule has 284 valence electrons. The van der Waals surface area contributed by atoms with Gasteiger partial charge in [-0.1, -0.05) is 30.7 Å². The van der Waals surface area contributed by atoms with E-state index in [4.69, 9.17) is 21.1 Å². The number of hydrogen-bond acceptors (Lipinski definition) is 10. The maximum atomic E-state index is 13.4. The van der Waals surface area contributed by atoms with Crippen LogP contribution in [0.2, 0.25) is 5.02 Å². The van der Waals surface area contributed by atoms with Gasteiger partial charge in [0.2, 0.25) is 10.0 Å². The number of aromatic amines is 1. The van der Waals surface area contributed by atoms with E-state index in [1.54, 1.807) is 32.2 Å². The van der Waals surface area contributed by atoms with E-state index < -0.39 is 26.8 Å². The third-order valence-corrected chi connectivity index (χ3v) is 14.4. The van der Waals surface area contributed by atoms with Gasteiger partial charge in [-0.15, -0.1) is 0 Å². The van der Waals surface area contributed by atoms with Gasteiger partial charge in [-0.3, -0.25) is 9.59 Å². The second-order valence-corrected chi connectivity index (χ2v) is 17.8. The third kappa shape index (κ3) is 7.37. The molecule has 6 atom stereocenters. The van der Waals surface area contributed by atoms with Crippen molar-refractivity contribution >= 4 is 39.5 Å². The molecule has 0 radical (unpaired) electrons. The van der Waals surface area contributed by atoms with Crippen molar-refractivity contribution in [2.75, 3.05) is 38.3 Å². The number of aldehydes is 1. The van der Waals surface area contributed by atoms with Crippen LogP contribution in [0.25, 0.3) is 0 Å². The second-order valence-electron chi connectivity index (χ2n) is 15.3. The summed E-state index contributed by atoms with van der Waals surface area (Å²) in [5.41, 5.74) is 4.24. The first kappa shape index (κ1) is 37.5. The average molecular weight is 765 g/mol. The number of benzene rings is 2. The SMILES string of the molecule is C1Cc2n[nH]nc2CN1.CO[C@@]1(C=O)/C=C/C[C@H](C)[C@@H](C)S(=O)(=O)NC(=O)c2ccc3c(c2)N(C[C@@H]2CC[C@H]21)C[C@@]1(CCCc2cc(Cl)ccc21)CO3. The summed E-state index contributed by atoms with van der Waals surface area (Å²) in [6.07, 6.45) is 10.7. The number of hydrogen-bond donors (Lipinski definition) is 3. The molecule has 8 rings (SSSR count). The molecule has 12 nitrogen and oxygen atoms in total. The van der Waals surface area contributed by atoms with Gasteiger partial charge in [-0.25, -0.2) is 13.1 Å². The van der Waals surface area contributed by atoms with Gasteiger partial charge in [0.25, 0.3) is 5.91 Å². The largest absolute Gasteiger partial charge is 0.490 e. The van der Waals surface area contributed by atoms with Crippen molar-refractivity contribution in [2.24, 2.45) is 17.8 Å². The number of carbonyl (C=O) groups excluding carboxylic acids is 2. The topological polar surface area (TPSA) is 156 Å². The highest BCUT2D eigenvalue weighted by molar-refractivity contribution is 7.90. The van der Waals surface area contributed by atoms with E-state index in [1.807, 2.05) is 25.1 Å². The van der Waals surface area contributed by atoms with Gasteiger partial charge >= 0.3 is 0 Å². The maximum absolute atomic E-state index is 13.4. The molecule has 1 fully saturated rings. The number of ether oxygens (including phenoxy) is 2. The van der Waals surface area contributed by atoms with Crippen LogP contribution in [0.15, 0.2) is 48.6 Å². The minimum atomic E-state index is -3.97. The smallest absolute Gasteiger partial charge is 0.264 e. The first-order chi connectivity index (χ1) is 25.5. The minimum Gasteiger partial charge on any atom is -0.490 e. The lowest BCUT2D eigenvalue weighted by molar-refractivity contribution is -0.135. The van der Waals surface area contributed by atoms with Crippen LogP contribution < -0.4 is 19.7 Å². The van der Waals surface area contributed by atoms with E-state index in [0.29, 0.717) is 36.9 Å². The molecule has 0 unspecified atom stereocenters. The third-order valence-electron chi connectivity index (χ3n) is 12.2. The summed E-state index contributed by atoms with van der Waals surface area (Å²) < 4.78 is 41.3. The fourth-order valence-electron chi connectivity index (χ4n) is 8.71. The van der Waals surface area contributed by atoms with Crippen LogP contribution in [0.4, 0.5) is 5.69 Å². The number of nitrogens with zero attached hydrogens (tertiary/aromatic N) is 3. The Morgan fingerprint density at radius 1 is 1.09 bits per heavy atom. The maximum Gasteiger partial charge on any atom is 0.264 e. The van der Waals surface area contributed by atoms with E-state index in [1.165, 1.54) is 11.1 Å². The highest BCUT2D eigenvalue weighted by Crippen LogP contribution is 2.48. The van der Waals surface area contributed by atoms with Gasteiger partial charge in [-0.2, -0.15) is 15.4 Å². The number of aromatic nitrogens is 3. The number of rotatable bonds is 2. The summed E-state index contributed by atoms with van der Waals surface area (Å²) in [7, 11) is -2.41. The van der Waals surface area contributed by atoms with E-state index >= 15 is 0 Å². The number of halogens is 1. The van der Waals surface area contributed by atoms with Gasteiger partial charge < -0.3 is 19.7 Å². The zero-order chi connectivity index (χ0) is 37.4. The lowest BCUT2D eigenvalue weighted by Crippen LogP contribution is -2.53. The van der Waals surface area contributed by atoms with E-state index in [0.717, 1.165) is 75.0 Å². The number of sulfonamides is 1. The number of anilines is 1. The van der Waals surface area contributed by atoms with Crippen LogP contribution in [-0.4, -0.2) is 80.2 Å². The van der Waals surface area contributed by atoms with Gasteiger partial charge in [0.05, 0.1) is 28.9 Å². The summed E-state index contributed by atoms with van der Waals surface area (Å²) in [6, 6.07) is 11.3. The number of carbonyl (C=O) groups is 2. The number of aryl methyl sites for hydroxylation is 1. The number of H-pyrrole nitrogens is 1. The van der Waals surface area contributed by atoms with Gasteiger partial charge in [-0.05, 0) is 105 Å². The minimum absolute atomic E-state index is 0.0434. The summed E-state index contributed by atoms with van der Waals surface area (Å²) in [4.78, 5) is 28.4. The fraction of sp³-hybridized carbons (Fsp3) is 0.538. The molecule has 3 aliphatic heterocycles. The van der Waals surface area contributed by atoms with Crippen LogP contribution >= 0.6 is 11.6 Å². The Labute approximate surface area is 316 Å². The molecule has 4 heterocycles. The number of nitrogens with one attached hydrogen (secondary N) is 3. The highest BCUT2D eigenvalue weighted by atomic mass is 35.5. The number of methoxy groups -OCH3 is 1. The predicted molar refractivity (Wildman–Crippen MR) is 203 cm³/mol. The quantitative estimate of drug-likeness (QED) is 0.242. The first-order valence-electron chi connectivity index (χ1n) is 18.6. The van der Waals surface area contributed by atoms with Crippen LogP contribution in [0.1, 0.15) is 78.8 Å². The van der Waals surface area contributed by atoms with Crippen molar-refractivity contribution in [2.45, 2.75) is 81.6 Å². The van der Waals surface area contributed by atoms with Gasteiger partial charge in [0.1, 0.15) is 11.4 Å². The van der Waals surface area contributed by atoms with E-state index in [-0.39, 0.29) is 28.7 Å². The standard InChI is InChI=1S/C34H41ClN2O6S.C5H8N4/c1-22-6-4-15-34(20-38,42-3)29-11-8-26(29)18-37-19-33(14-5-7-24-16-27(35)10-12-28(24)33)21-43-31-13-9-25(17-30(31)37)32(39)36-44(40,41)23(22)2;1-2-6-3-5-4(1)7-9-8-5/h4,9-10,12-13,15-17,20,22-23,26,29H,5-8,11,14,18-19,21H2,1-3H3,(H,36,39);6H,1-3H2,(H,7,8,9)/b15-4+;/t22-,23+,26-,29+,33-,34+;/m0./s1. The van der Waals surface area contributed by atoms with E-state index in [9.17, 15) is 18.0 Å². The first-order valence-corrected chi connectivity index (χ1v) is 20.5. The Hall–Kier alpha value is -3.78. The molecule has 1 amide bonds. The molecule has 2 aromatic carbocycles. The number of amides is 1. The summed E-state index contributed by atoms with van der Waals surface area (Å²) in [6.45, 7) is 7.07. The molecule has 3 aromatic rings. The Balaban J connectivity index is 0.000000418. The molecule has 1 spiro atoms. The molecule has 53 heavy (non-hydrogen) atoms. The van der Waals surface area contributed by atoms with E-state index in [2.05, 4.69) is 42.5 Å². The molecule has 1 aromatic heterocycles. The number of fused-ring (bicyclic) bond motifs is 5. The normalized spacial score (nSPS) is 31.1. The van der Waals surface area contributed by atoms with Crippen LogP contribution in [0.5, 0.6) is 5.75 Å². The van der Waals surface area contributed by atoms with Crippen LogP contribution in [-0.2, 0) is 44.4 Å². The molecule has 5 aliphatic rings. The molecule has 3 N–H and O–H groups in total. The zero-order valence-corrected chi connectivity index (χ0v) is 32.1. The Kier molecular flexibility index (Phi) is 10.7. The predicted octanol–water partition coefficient (Wildman–Crippen LogP) is 4.92. The molecule has 2 aliphatic carbocycles. The molecule has 1 saturated carbocycles. The summed E-state index contributed by atoms with van der Waals surface area (Å²) >= 11 is 6.40. The Morgan fingerprint density at radius 3 is 2.68 bits per heavy atom. The van der Waals surface area contributed by atoms with Crippen LogP contribution in [0.3, 0.4) is 0 Å². The van der Waals surface area contributed by atoms with Crippen molar-refractivity contribution < 1.29 is 27.5 Å². The van der Waals surface area contributed by atoms with Crippen molar-refractivity contribution in [1.82, 2.24) is 25.4 Å². The average Bonchev–Trinajstić information content (AvgIpc) is 3.57. The second kappa shape index (κ2) is 15.2. The fourth-order valence-corrected chi connectivity index (χ4v) is 10.2. The van der Waals surface area contributed by atoms with Crippen molar-refractivity contribution in [3.05, 3.63) is 81.7 Å². The highest BCUT2D eigenvalue weighted by Gasteiger charge is 2.49. The molecular weight excluding hydrogens is 716 g/mol. The lowest BCUT2D eigenvalue weighted by Gasteiger charge is -2.48. The Bertz CT molecular complexity index is 1970. The van der Waals surface area contributed by atoms with Gasteiger partial charge in [0.15, 0.2) is 6.29 Å². The Morgan fingerprint density at radius 2 is 1.92 bits per heavy atom. The molecule has 2 bridgehead atoms. The van der Waals surface area contributed by atoms with Gasteiger partial charge in [0, 0.05) is 61.6 Å². The van der Waals surface area contributed by atoms with Crippen molar-refractivity contribution in [1.29, 1.82) is 0 Å². The number of allylic oxidation sites excluding steroid dienone is 1. The summed E-state index contributed by atoms with van der Waals surface area (Å²) in [5, 5.41) is 13.6. The summed E-state index contributed by atoms with van der Waals surface area (Å²) in [5.74, 6) is -0.203. The zero-order valence-electron chi connectivity index (χ0n) is 30.6. The molecule has 0 saturated heterocycles. The molecule has 14 heteroatoms. The van der Waals surface area contributed by atoms with Crippen LogP contribution in [0, 0.1) is 17.8 Å².